The van der Waals surface area contributed by atoms with Crippen molar-refractivity contribution in [1.29, 1.82) is 0 Å². The second-order valence-corrected chi connectivity index (χ2v) is 6.48. The third kappa shape index (κ3) is 4.19. The molecule has 0 saturated heterocycles. The molecule has 1 N–H and O–H groups in total. The number of ether oxygens (including phenoxy) is 1. The highest BCUT2D eigenvalue weighted by Crippen LogP contribution is 2.27. The van der Waals surface area contributed by atoms with E-state index in [-0.39, 0.29) is 5.82 Å². The number of halogens is 1. The number of nitrogens with zero attached hydrogens (tertiary/aromatic N) is 1. The molecule has 1 aromatic heterocycles. The normalized spacial score (nSPS) is 10.8. The highest BCUT2D eigenvalue weighted by atomic mass is 32.1. The van der Waals surface area contributed by atoms with Gasteiger partial charge in [0.15, 0.2) is 0 Å². The minimum atomic E-state index is -0.143. The SMILES string of the molecule is COc1ccc(-c2cnc(CNCCc3ccccc3F)s2)cc1. The van der Waals surface area contributed by atoms with Gasteiger partial charge in [0.2, 0.25) is 0 Å². The summed E-state index contributed by atoms with van der Waals surface area (Å²) in [6.45, 7) is 1.41. The summed E-state index contributed by atoms with van der Waals surface area (Å²) in [5, 5.41) is 4.34. The number of thiazole rings is 1. The molecule has 5 heteroatoms. The van der Waals surface area contributed by atoms with Crippen molar-refractivity contribution in [3.05, 3.63) is 71.1 Å². The molecule has 24 heavy (non-hydrogen) atoms. The molecule has 0 aliphatic heterocycles. The van der Waals surface area contributed by atoms with Gasteiger partial charge in [-0.3, -0.25) is 0 Å². The Morgan fingerprint density at radius 1 is 1.12 bits per heavy atom. The quantitative estimate of drug-likeness (QED) is 0.651. The number of nitrogens with one attached hydrogen (secondary N) is 1. The summed E-state index contributed by atoms with van der Waals surface area (Å²) in [7, 11) is 1.66. The number of hydrogen-bond donors (Lipinski definition) is 1. The van der Waals surface area contributed by atoms with Crippen molar-refractivity contribution in [2.45, 2.75) is 13.0 Å². The van der Waals surface area contributed by atoms with Gasteiger partial charge >= 0.3 is 0 Å². The Bertz CT molecular complexity index is 786. The lowest BCUT2D eigenvalue weighted by Gasteiger charge is -2.04. The van der Waals surface area contributed by atoms with Crippen molar-refractivity contribution < 1.29 is 9.13 Å². The molecular formula is C19H19FN2OS. The van der Waals surface area contributed by atoms with Crippen LogP contribution in [-0.4, -0.2) is 18.6 Å². The molecule has 0 atom stereocenters. The smallest absolute Gasteiger partial charge is 0.126 e. The van der Waals surface area contributed by atoms with Crippen LogP contribution in [0.5, 0.6) is 5.75 Å². The van der Waals surface area contributed by atoms with Crippen LogP contribution in [0, 0.1) is 5.82 Å². The van der Waals surface area contributed by atoms with E-state index in [1.165, 1.54) is 6.07 Å². The van der Waals surface area contributed by atoms with Crippen molar-refractivity contribution in [3.8, 4) is 16.2 Å². The van der Waals surface area contributed by atoms with E-state index in [0.29, 0.717) is 13.0 Å². The van der Waals surface area contributed by atoms with Crippen molar-refractivity contribution in [2.75, 3.05) is 13.7 Å². The highest BCUT2D eigenvalue weighted by Gasteiger charge is 2.05. The Kier molecular flexibility index (Phi) is 5.56. The average Bonchev–Trinajstić information content (AvgIpc) is 3.09. The summed E-state index contributed by atoms with van der Waals surface area (Å²) in [5.74, 6) is 0.702. The molecule has 0 aliphatic carbocycles. The molecule has 1 heterocycles. The summed E-state index contributed by atoms with van der Waals surface area (Å²) in [4.78, 5) is 5.58. The minimum absolute atomic E-state index is 0.143. The second kappa shape index (κ2) is 8.04. The van der Waals surface area contributed by atoms with E-state index in [0.717, 1.165) is 33.3 Å². The lowest BCUT2D eigenvalue weighted by Crippen LogP contribution is -2.16. The molecule has 0 amide bonds. The standard InChI is InChI=1S/C19H19FN2OS/c1-23-16-8-6-15(7-9-16)18-12-22-19(24-18)13-21-11-10-14-4-2-3-5-17(14)20/h2-9,12,21H,10-11,13H2,1H3. The summed E-state index contributed by atoms with van der Waals surface area (Å²) in [5.41, 5.74) is 1.87. The van der Waals surface area contributed by atoms with E-state index in [1.54, 1.807) is 24.5 Å². The van der Waals surface area contributed by atoms with Crippen LogP contribution < -0.4 is 10.1 Å². The van der Waals surface area contributed by atoms with Crippen molar-refractivity contribution >= 4 is 11.3 Å². The minimum Gasteiger partial charge on any atom is -0.497 e. The van der Waals surface area contributed by atoms with E-state index in [9.17, 15) is 4.39 Å². The van der Waals surface area contributed by atoms with Crippen molar-refractivity contribution in [2.24, 2.45) is 0 Å². The topological polar surface area (TPSA) is 34.1 Å². The Morgan fingerprint density at radius 2 is 1.92 bits per heavy atom. The Morgan fingerprint density at radius 3 is 2.67 bits per heavy atom. The fraction of sp³-hybridized carbons (Fsp3) is 0.211. The number of hydrogen-bond acceptors (Lipinski definition) is 4. The highest BCUT2D eigenvalue weighted by molar-refractivity contribution is 7.15. The first-order valence-corrected chi connectivity index (χ1v) is 8.61. The maximum atomic E-state index is 13.5. The van der Waals surface area contributed by atoms with Crippen molar-refractivity contribution in [3.63, 3.8) is 0 Å². The lowest BCUT2D eigenvalue weighted by molar-refractivity contribution is 0.415. The summed E-state index contributed by atoms with van der Waals surface area (Å²) in [6, 6.07) is 14.8. The molecule has 0 saturated carbocycles. The van der Waals surface area contributed by atoms with Crippen LogP contribution in [0.4, 0.5) is 4.39 Å². The zero-order chi connectivity index (χ0) is 16.8. The van der Waals surface area contributed by atoms with Gasteiger partial charge in [0.1, 0.15) is 16.6 Å². The van der Waals surface area contributed by atoms with Crippen LogP contribution in [0.15, 0.2) is 54.7 Å². The summed E-state index contributed by atoms with van der Waals surface area (Å²) >= 11 is 1.66. The van der Waals surface area contributed by atoms with Crippen LogP contribution in [0.3, 0.4) is 0 Å². The molecular weight excluding hydrogens is 323 g/mol. The number of rotatable bonds is 7. The third-order valence-electron chi connectivity index (χ3n) is 3.73. The fourth-order valence-electron chi connectivity index (χ4n) is 2.40. The predicted octanol–water partition coefficient (Wildman–Crippen LogP) is 4.29. The second-order valence-electron chi connectivity index (χ2n) is 5.36. The van der Waals surface area contributed by atoms with Gasteiger partial charge in [-0.25, -0.2) is 9.37 Å². The van der Waals surface area contributed by atoms with E-state index >= 15 is 0 Å². The first-order valence-electron chi connectivity index (χ1n) is 7.79. The fourth-order valence-corrected chi connectivity index (χ4v) is 3.29. The average molecular weight is 342 g/mol. The third-order valence-corrected chi connectivity index (χ3v) is 4.78. The maximum absolute atomic E-state index is 13.5. The lowest BCUT2D eigenvalue weighted by atomic mass is 10.1. The molecule has 0 aliphatic rings. The molecule has 0 fully saturated rings. The van der Waals surface area contributed by atoms with Gasteiger partial charge in [-0.1, -0.05) is 18.2 Å². The van der Waals surface area contributed by atoms with Crippen LogP contribution >= 0.6 is 11.3 Å². The molecule has 0 spiro atoms. The Balaban J connectivity index is 1.51. The van der Waals surface area contributed by atoms with E-state index in [4.69, 9.17) is 4.74 Å². The van der Waals surface area contributed by atoms with E-state index in [2.05, 4.69) is 10.3 Å². The van der Waals surface area contributed by atoms with Crippen LogP contribution in [0.1, 0.15) is 10.6 Å². The number of methoxy groups -OCH3 is 1. The largest absolute Gasteiger partial charge is 0.497 e. The first-order chi connectivity index (χ1) is 11.8. The van der Waals surface area contributed by atoms with E-state index in [1.807, 2.05) is 42.6 Å². The molecule has 3 rings (SSSR count). The van der Waals surface area contributed by atoms with Gasteiger partial charge in [-0.2, -0.15) is 0 Å². The van der Waals surface area contributed by atoms with Gasteiger partial charge in [0, 0.05) is 12.7 Å². The monoisotopic (exact) mass is 342 g/mol. The van der Waals surface area contributed by atoms with Gasteiger partial charge in [0.25, 0.3) is 0 Å². The Hall–Kier alpha value is -2.24. The summed E-state index contributed by atoms with van der Waals surface area (Å²) < 4.78 is 18.7. The summed E-state index contributed by atoms with van der Waals surface area (Å²) in [6.07, 6.45) is 2.56. The molecule has 0 unspecified atom stereocenters. The van der Waals surface area contributed by atoms with E-state index < -0.39 is 0 Å². The van der Waals surface area contributed by atoms with Crippen LogP contribution in [0.25, 0.3) is 10.4 Å². The molecule has 3 aromatic rings. The zero-order valence-corrected chi connectivity index (χ0v) is 14.3. The molecule has 0 bridgehead atoms. The van der Waals surface area contributed by atoms with Gasteiger partial charge in [-0.15, -0.1) is 11.3 Å². The molecule has 2 aromatic carbocycles. The van der Waals surface area contributed by atoms with Gasteiger partial charge in [-0.05, 0) is 54.4 Å². The predicted molar refractivity (Wildman–Crippen MR) is 95.9 cm³/mol. The van der Waals surface area contributed by atoms with Crippen molar-refractivity contribution in [1.82, 2.24) is 10.3 Å². The molecule has 3 nitrogen and oxygen atoms in total. The Labute approximate surface area is 145 Å². The number of benzene rings is 2. The maximum Gasteiger partial charge on any atom is 0.126 e. The van der Waals surface area contributed by atoms with Crippen LogP contribution in [0.2, 0.25) is 0 Å². The van der Waals surface area contributed by atoms with Gasteiger partial charge < -0.3 is 10.1 Å². The molecule has 0 radical (unpaired) electrons. The zero-order valence-electron chi connectivity index (χ0n) is 13.5. The van der Waals surface area contributed by atoms with Crippen LogP contribution in [-0.2, 0) is 13.0 Å². The molecule has 124 valence electrons. The number of aromatic nitrogens is 1. The van der Waals surface area contributed by atoms with Gasteiger partial charge in [0.05, 0.1) is 12.0 Å². The first kappa shape index (κ1) is 16.6.